The molecule has 0 amide bonds. The predicted octanol–water partition coefficient (Wildman–Crippen LogP) is 4.30. The molecule has 1 N–H and O–H groups in total. The minimum absolute atomic E-state index is 0.361. The number of aromatic nitrogens is 2. The summed E-state index contributed by atoms with van der Waals surface area (Å²) in [5, 5.41) is 3.66. The van der Waals surface area contributed by atoms with E-state index >= 15 is 0 Å². The van der Waals surface area contributed by atoms with Crippen LogP contribution in [0.3, 0.4) is 0 Å². The van der Waals surface area contributed by atoms with E-state index in [0.717, 1.165) is 28.9 Å². The molecule has 0 fully saturated rings. The molecule has 0 saturated heterocycles. The molecule has 1 unspecified atom stereocenters. The zero-order valence-corrected chi connectivity index (χ0v) is 14.8. The first-order valence-corrected chi connectivity index (χ1v) is 9.09. The van der Waals surface area contributed by atoms with Crippen LogP contribution in [0, 0.1) is 20.8 Å². The SMILES string of the molecule is CCCNC(CSc1nc(C)ns1)c1ccc(C)cc1C. The molecule has 0 aliphatic carbocycles. The van der Waals surface area contributed by atoms with E-state index in [0.29, 0.717) is 6.04 Å². The number of nitrogens with zero attached hydrogens (tertiary/aromatic N) is 2. The Bertz CT molecular complexity index is 581. The highest BCUT2D eigenvalue weighted by Gasteiger charge is 2.15. The quantitative estimate of drug-likeness (QED) is 0.772. The molecule has 3 nitrogen and oxygen atoms in total. The Hall–Kier alpha value is -0.910. The molecule has 0 bridgehead atoms. The van der Waals surface area contributed by atoms with E-state index in [1.165, 1.54) is 28.2 Å². The summed E-state index contributed by atoms with van der Waals surface area (Å²) in [7, 11) is 0. The first kappa shape index (κ1) is 16.5. The number of aryl methyl sites for hydroxylation is 3. The van der Waals surface area contributed by atoms with Gasteiger partial charge in [0.25, 0.3) is 0 Å². The van der Waals surface area contributed by atoms with Crippen LogP contribution in [0.4, 0.5) is 0 Å². The Labute approximate surface area is 135 Å². The largest absolute Gasteiger partial charge is 0.309 e. The highest BCUT2D eigenvalue weighted by Crippen LogP contribution is 2.28. The molecule has 21 heavy (non-hydrogen) atoms. The lowest BCUT2D eigenvalue weighted by molar-refractivity contribution is 0.575. The molecular weight excluding hydrogens is 298 g/mol. The topological polar surface area (TPSA) is 37.8 Å². The average molecular weight is 322 g/mol. The van der Waals surface area contributed by atoms with Crippen molar-refractivity contribution in [2.75, 3.05) is 12.3 Å². The number of hydrogen-bond donors (Lipinski definition) is 1. The molecule has 0 aliphatic rings. The molecule has 1 heterocycles. The van der Waals surface area contributed by atoms with Crippen molar-refractivity contribution >= 4 is 23.3 Å². The third-order valence-corrected chi connectivity index (χ3v) is 5.34. The van der Waals surface area contributed by atoms with E-state index in [1.807, 2.05) is 6.92 Å². The van der Waals surface area contributed by atoms with Crippen LogP contribution < -0.4 is 5.32 Å². The first-order chi connectivity index (χ1) is 10.1. The zero-order valence-electron chi connectivity index (χ0n) is 13.1. The van der Waals surface area contributed by atoms with Gasteiger partial charge in [0.1, 0.15) is 5.82 Å². The summed E-state index contributed by atoms with van der Waals surface area (Å²) in [4.78, 5) is 4.44. The van der Waals surface area contributed by atoms with Crippen molar-refractivity contribution in [3.8, 4) is 0 Å². The molecule has 0 spiro atoms. The van der Waals surface area contributed by atoms with Gasteiger partial charge in [0.05, 0.1) is 0 Å². The molecule has 1 atom stereocenters. The number of hydrogen-bond acceptors (Lipinski definition) is 5. The summed E-state index contributed by atoms with van der Waals surface area (Å²) in [5.74, 6) is 1.85. The monoisotopic (exact) mass is 321 g/mol. The van der Waals surface area contributed by atoms with Crippen molar-refractivity contribution in [1.82, 2.24) is 14.7 Å². The van der Waals surface area contributed by atoms with Gasteiger partial charge in [0, 0.05) is 11.8 Å². The lowest BCUT2D eigenvalue weighted by Gasteiger charge is -2.20. The standard InChI is InChI=1S/C16H23N3S2/c1-5-8-17-15(10-20-16-18-13(4)19-21-16)14-7-6-11(2)9-12(14)3/h6-7,9,15,17H,5,8,10H2,1-4H3. The highest BCUT2D eigenvalue weighted by molar-refractivity contribution is 8.00. The summed E-state index contributed by atoms with van der Waals surface area (Å²) in [5.41, 5.74) is 4.07. The van der Waals surface area contributed by atoms with Gasteiger partial charge in [0.2, 0.25) is 0 Å². The molecule has 2 aromatic rings. The Kier molecular flexibility index (Phi) is 6.21. The Balaban J connectivity index is 2.09. The lowest BCUT2D eigenvalue weighted by Crippen LogP contribution is -2.24. The van der Waals surface area contributed by atoms with Crippen molar-refractivity contribution in [1.29, 1.82) is 0 Å². The second-order valence-electron chi connectivity index (χ2n) is 5.29. The minimum atomic E-state index is 0.361. The Morgan fingerprint density at radius 2 is 2.10 bits per heavy atom. The van der Waals surface area contributed by atoms with Gasteiger partial charge in [-0.25, -0.2) is 4.98 Å². The summed E-state index contributed by atoms with van der Waals surface area (Å²) >= 11 is 3.28. The number of rotatable bonds is 7. The second-order valence-corrected chi connectivity index (χ2v) is 7.30. The van der Waals surface area contributed by atoms with Crippen molar-refractivity contribution in [3.05, 3.63) is 40.7 Å². The van der Waals surface area contributed by atoms with E-state index in [4.69, 9.17) is 0 Å². The molecule has 0 saturated carbocycles. The Morgan fingerprint density at radius 1 is 1.29 bits per heavy atom. The number of benzene rings is 1. The summed E-state index contributed by atoms with van der Waals surface area (Å²) < 4.78 is 5.30. The van der Waals surface area contributed by atoms with Gasteiger partial charge in [-0.15, -0.1) is 0 Å². The maximum absolute atomic E-state index is 4.44. The zero-order chi connectivity index (χ0) is 15.2. The smallest absolute Gasteiger partial charge is 0.170 e. The van der Waals surface area contributed by atoms with E-state index in [9.17, 15) is 0 Å². The fourth-order valence-corrected chi connectivity index (χ4v) is 4.04. The molecule has 5 heteroatoms. The average Bonchev–Trinajstić information content (AvgIpc) is 2.86. The minimum Gasteiger partial charge on any atom is -0.309 e. The summed E-state index contributed by atoms with van der Waals surface area (Å²) in [6.45, 7) is 9.52. The third-order valence-electron chi connectivity index (χ3n) is 3.32. The maximum Gasteiger partial charge on any atom is 0.170 e. The van der Waals surface area contributed by atoms with Crippen LogP contribution in [0.15, 0.2) is 22.5 Å². The van der Waals surface area contributed by atoms with E-state index in [-0.39, 0.29) is 0 Å². The van der Waals surface area contributed by atoms with Crippen LogP contribution in [0.2, 0.25) is 0 Å². The third kappa shape index (κ3) is 4.80. The first-order valence-electron chi connectivity index (χ1n) is 7.33. The molecule has 1 aromatic carbocycles. The van der Waals surface area contributed by atoms with Gasteiger partial charge < -0.3 is 5.32 Å². The highest BCUT2D eigenvalue weighted by atomic mass is 32.2. The van der Waals surface area contributed by atoms with Gasteiger partial charge >= 0.3 is 0 Å². The lowest BCUT2D eigenvalue weighted by atomic mass is 10.00. The molecule has 2 rings (SSSR count). The summed E-state index contributed by atoms with van der Waals surface area (Å²) in [6.07, 6.45) is 1.14. The molecule has 1 aromatic heterocycles. The maximum atomic E-state index is 4.44. The molecule has 0 radical (unpaired) electrons. The predicted molar refractivity (Wildman–Crippen MR) is 92.3 cm³/mol. The van der Waals surface area contributed by atoms with Crippen LogP contribution in [0.1, 0.15) is 41.9 Å². The normalized spacial score (nSPS) is 12.6. The van der Waals surface area contributed by atoms with Crippen LogP contribution >= 0.6 is 23.3 Å². The number of thioether (sulfide) groups is 1. The second kappa shape index (κ2) is 7.92. The van der Waals surface area contributed by atoms with Crippen molar-refractivity contribution in [3.63, 3.8) is 0 Å². The van der Waals surface area contributed by atoms with Crippen molar-refractivity contribution in [2.24, 2.45) is 0 Å². The van der Waals surface area contributed by atoms with E-state index in [2.05, 4.69) is 53.6 Å². The van der Waals surface area contributed by atoms with E-state index in [1.54, 1.807) is 11.8 Å². The van der Waals surface area contributed by atoms with Crippen LogP contribution in [0.25, 0.3) is 0 Å². The van der Waals surface area contributed by atoms with Gasteiger partial charge in [-0.3, -0.25) is 0 Å². The van der Waals surface area contributed by atoms with Crippen LogP contribution in [0.5, 0.6) is 0 Å². The van der Waals surface area contributed by atoms with Gasteiger partial charge in [-0.2, -0.15) is 4.37 Å². The van der Waals surface area contributed by atoms with E-state index < -0.39 is 0 Å². The molecular formula is C16H23N3S2. The van der Waals surface area contributed by atoms with Crippen molar-refractivity contribution < 1.29 is 0 Å². The van der Waals surface area contributed by atoms with Crippen LogP contribution in [-0.2, 0) is 0 Å². The summed E-state index contributed by atoms with van der Waals surface area (Å²) in [6, 6.07) is 7.07. The molecule has 0 aliphatic heterocycles. The fraction of sp³-hybridized carbons (Fsp3) is 0.500. The van der Waals surface area contributed by atoms with Gasteiger partial charge in [0.15, 0.2) is 4.34 Å². The van der Waals surface area contributed by atoms with Crippen molar-refractivity contribution in [2.45, 2.75) is 44.5 Å². The molecule has 114 valence electrons. The fourth-order valence-electron chi connectivity index (χ4n) is 2.29. The Morgan fingerprint density at radius 3 is 2.71 bits per heavy atom. The van der Waals surface area contributed by atoms with Gasteiger partial charge in [-0.1, -0.05) is 42.4 Å². The van der Waals surface area contributed by atoms with Gasteiger partial charge in [-0.05, 0) is 56.4 Å². The van der Waals surface area contributed by atoms with Crippen LogP contribution in [-0.4, -0.2) is 21.7 Å². The number of nitrogens with one attached hydrogen (secondary N) is 1.